The van der Waals surface area contributed by atoms with E-state index in [0.29, 0.717) is 28.4 Å². The van der Waals surface area contributed by atoms with Crippen molar-refractivity contribution < 1.29 is 28.8 Å². The van der Waals surface area contributed by atoms with Crippen LogP contribution in [0.2, 0.25) is 0 Å². The topological polar surface area (TPSA) is 74.2 Å². The average molecular weight is 344 g/mol. The maximum absolute atomic E-state index is 12.4. The summed E-state index contributed by atoms with van der Waals surface area (Å²) >= 11 is 0. The van der Waals surface area contributed by atoms with Gasteiger partial charge in [0.1, 0.15) is 17.2 Å². The highest BCUT2D eigenvalue weighted by atomic mass is 16.5. The van der Waals surface area contributed by atoms with E-state index in [2.05, 4.69) is 0 Å². The molecule has 132 valence electrons. The standard InChI is InChI=1S/C19H20O6/c1-22-13-10-17(23-2)14(18(11-13)24-3)6-8-15(20)12-5-7-16(21)19(9-12)25-4/h5-11,21H,1-4H3/b8-6+. The van der Waals surface area contributed by atoms with E-state index in [9.17, 15) is 9.90 Å². The lowest BCUT2D eigenvalue weighted by atomic mass is 10.1. The molecule has 1 N–H and O–H groups in total. The Morgan fingerprint density at radius 3 is 2.00 bits per heavy atom. The van der Waals surface area contributed by atoms with Crippen LogP contribution in [0.1, 0.15) is 15.9 Å². The molecule has 25 heavy (non-hydrogen) atoms. The van der Waals surface area contributed by atoms with Gasteiger partial charge in [0, 0.05) is 17.7 Å². The highest BCUT2D eigenvalue weighted by molar-refractivity contribution is 6.07. The number of phenols is 1. The molecule has 2 rings (SSSR count). The van der Waals surface area contributed by atoms with Crippen LogP contribution in [0.5, 0.6) is 28.7 Å². The lowest BCUT2D eigenvalue weighted by molar-refractivity contribution is 0.104. The van der Waals surface area contributed by atoms with Crippen LogP contribution in [-0.4, -0.2) is 39.3 Å². The van der Waals surface area contributed by atoms with Gasteiger partial charge in [-0.25, -0.2) is 0 Å². The monoisotopic (exact) mass is 344 g/mol. The molecule has 0 aromatic heterocycles. The fourth-order valence-corrected chi connectivity index (χ4v) is 2.28. The molecule has 0 unspecified atom stereocenters. The van der Waals surface area contributed by atoms with Crippen LogP contribution < -0.4 is 18.9 Å². The number of benzene rings is 2. The summed E-state index contributed by atoms with van der Waals surface area (Å²) in [5.41, 5.74) is 1.00. The smallest absolute Gasteiger partial charge is 0.185 e. The third kappa shape index (κ3) is 4.03. The van der Waals surface area contributed by atoms with Gasteiger partial charge in [-0.2, -0.15) is 0 Å². The zero-order valence-corrected chi connectivity index (χ0v) is 14.5. The molecule has 0 heterocycles. The predicted octanol–water partition coefficient (Wildman–Crippen LogP) is 3.32. The van der Waals surface area contributed by atoms with E-state index in [-0.39, 0.29) is 17.3 Å². The first-order valence-electron chi connectivity index (χ1n) is 7.43. The Labute approximate surface area is 146 Å². The van der Waals surface area contributed by atoms with Gasteiger partial charge in [0.05, 0.1) is 34.0 Å². The van der Waals surface area contributed by atoms with Crippen LogP contribution in [0.25, 0.3) is 6.08 Å². The first-order valence-corrected chi connectivity index (χ1v) is 7.43. The summed E-state index contributed by atoms with van der Waals surface area (Å²) in [6, 6.07) is 7.82. The number of phenolic OH excluding ortho intramolecular Hbond substituents is 1. The van der Waals surface area contributed by atoms with Gasteiger partial charge in [-0.05, 0) is 30.4 Å². The number of hydrogen-bond acceptors (Lipinski definition) is 6. The lowest BCUT2D eigenvalue weighted by Gasteiger charge is -2.12. The molecule has 0 atom stereocenters. The highest BCUT2D eigenvalue weighted by Crippen LogP contribution is 2.35. The molecule has 0 saturated heterocycles. The average Bonchev–Trinajstić information content (AvgIpc) is 2.65. The van der Waals surface area contributed by atoms with Gasteiger partial charge in [0.25, 0.3) is 0 Å². The van der Waals surface area contributed by atoms with Gasteiger partial charge >= 0.3 is 0 Å². The SMILES string of the molecule is COc1cc(OC)c(/C=C/C(=O)c2ccc(O)c(OC)c2)c(OC)c1. The minimum absolute atomic E-state index is 0.0264. The minimum atomic E-state index is -0.252. The van der Waals surface area contributed by atoms with E-state index in [4.69, 9.17) is 18.9 Å². The van der Waals surface area contributed by atoms with E-state index < -0.39 is 0 Å². The van der Waals surface area contributed by atoms with Crippen LogP contribution in [0.3, 0.4) is 0 Å². The van der Waals surface area contributed by atoms with Gasteiger partial charge in [0.15, 0.2) is 17.3 Å². The first-order chi connectivity index (χ1) is 12.0. The maximum atomic E-state index is 12.4. The number of allylic oxidation sites excluding steroid dienone is 1. The second-order valence-electron chi connectivity index (χ2n) is 5.03. The molecule has 0 fully saturated rings. The van der Waals surface area contributed by atoms with Crippen LogP contribution in [-0.2, 0) is 0 Å². The van der Waals surface area contributed by atoms with Gasteiger partial charge in [0.2, 0.25) is 0 Å². The number of hydrogen-bond donors (Lipinski definition) is 1. The zero-order valence-electron chi connectivity index (χ0n) is 14.5. The molecule has 0 saturated carbocycles. The molecule has 6 heteroatoms. The van der Waals surface area contributed by atoms with Crippen molar-refractivity contribution in [3.05, 3.63) is 47.5 Å². The van der Waals surface area contributed by atoms with Crippen molar-refractivity contribution in [1.82, 2.24) is 0 Å². The number of carbonyl (C=O) groups excluding carboxylic acids is 1. The number of carbonyl (C=O) groups is 1. The molecule has 0 spiro atoms. The van der Waals surface area contributed by atoms with E-state index in [1.807, 2.05) is 0 Å². The van der Waals surface area contributed by atoms with E-state index in [1.54, 1.807) is 25.3 Å². The Balaban J connectivity index is 2.36. The molecule has 0 amide bonds. The number of aromatic hydroxyl groups is 1. The summed E-state index contributed by atoms with van der Waals surface area (Å²) in [6.07, 6.45) is 3.01. The Bertz CT molecular complexity index is 769. The Hall–Kier alpha value is -3.15. The molecule has 2 aromatic rings. The summed E-state index contributed by atoms with van der Waals surface area (Å²) in [7, 11) is 6.02. The fraction of sp³-hybridized carbons (Fsp3) is 0.211. The summed E-state index contributed by atoms with van der Waals surface area (Å²) in [5.74, 6) is 1.58. The minimum Gasteiger partial charge on any atom is -0.504 e. The van der Waals surface area contributed by atoms with Crippen molar-refractivity contribution in [2.75, 3.05) is 28.4 Å². The van der Waals surface area contributed by atoms with E-state index in [1.165, 1.54) is 45.6 Å². The van der Waals surface area contributed by atoms with Gasteiger partial charge < -0.3 is 24.1 Å². The van der Waals surface area contributed by atoms with Crippen molar-refractivity contribution >= 4 is 11.9 Å². The van der Waals surface area contributed by atoms with Crippen molar-refractivity contribution in [2.24, 2.45) is 0 Å². The van der Waals surface area contributed by atoms with Crippen molar-refractivity contribution in [3.63, 3.8) is 0 Å². The molecule has 0 radical (unpaired) electrons. The van der Waals surface area contributed by atoms with E-state index >= 15 is 0 Å². The van der Waals surface area contributed by atoms with Crippen LogP contribution in [0, 0.1) is 0 Å². The second-order valence-corrected chi connectivity index (χ2v) is 5.03. The summed E-state index contributed by atoms with van der Waals surface area (Å²) in [6.45, 7) is 0. The number of rotatable bonds is 7. The lowest BCUT2D eigenvalue weighted by Crippen LogP contribution is -1.97. The van der Waals surface area contributed by atoms with Gasteiger partial charge in [-0.1, -0.05) is 0 Å². The molecule has 6 nitrogen and oxygen atoms in total. The summed E-state index contributed by atoms with van der Waals surface area (Å²) in [4.78, 5) is 12.4. The second kappa shape index (κ2) is 8.10. The van der Waals surface area contributed by atoms with Crippen LogP contribution in [0.15, 0.2) is 36.4 Å². The third-order valence-electron chi connectivity index (χ3n) is 3.62. The Morgan fingerprint density at radius 1 is 0.880 bits per heavy atom. The maximum Gasteiger partial charge on any atom is 0.185 e. The normalized spacial score (nSPS) is 10.6. The zero-order chi connectivity index (χ0) is 18.4. The number of ketones is 1. The molecule has 0 aliphatic rings. The van der Waals surface area contributed by atoms with Crippen molar-refractivity contribution in [2.45, 2.75) is 0 Å². The number of ether oxygens (including phenoxy) is 4. The van der Waals surface area contributed by atoms with Gasteiger partial charge in [-0.15, -0.1) is 0 Å². The Kier molecular flexibility index (Phi) is 5.89. The van der Waals surface area contributed by atoms with Crippen LogP contribution in [0.4, 0.5) is 0 Å². The van der Waals surface area contributed by atoms with Gasteiger partial charge in [-0.3, -0.25) is 4.79 Å². The quantitative estimate of drug-likeness (QED) is 0.613. The number of methoxy groups -OCH3 is 4. The predicted molar refractivity (Wildman–Crippen MR) is 94.1 cm³/mol. The molecule has 2 aromatic carbocycles. The molecule has 0 bridgehead atoms. The van der Waals surface area contributed by atoms with Crippen molar-refractivity contribution in [1.29, 1.82) is 0 Å². The van der Waals surface area contributed by atoms with E-state index in [0.717, 1.165) is 0 Å². The molecule has 0 aliphatic carbocycles. The molecular weight excluding hydrogens is 324 g/mol. The molecular formula is C19H20O6. The third-order valence-corrected chi connectivity index (χ3v) is 3.62. The Morgan fingerprint density at radius 2 is 1.48 bits per heavy atom. The van der Waals surface area contributed by atoms with Crippen LogP contribution >= 0.6 is 0 Å². The first kappa shape index (κ1) is 18.2. The highest BCUT2D eigenvalue weighted by Gasteiger charge is 2.12. The molecule has 0 aliphatic heterocycles. The fourth-order valence-electron chi connectivity index (χ4n) is 2.28. The largest absolute Gasteiger partial charge is 0.504 e. The summed E-state index contributed by atoms with van der Waals surface area (Å²) in [5, 5.41) is 9.61. The summed E-state index contributed by atoms with van der Waals surface area (Å²) < 4.78 is 20.9. The van der Waals surface area contributed by atoms with Crippen molar-refractivity contribution in [3.8, 4) is 28.7 Å².